The fourth-order valence-electron chi connectivity index (χ4n) is 1.30. The van der Waals surface area contributed by atoms with E-state index in [9.17, 15) is 0 Å². The Hall–Kier alpha value is -1.30. The Morgan fingerprint density at radius 3 is 2.40 bits per heavy atom. The van der Waals surface area contributed by atoms with Gasteiger partial charge in [0.25, 0.3) is 0 Å². The van der Waals surface area contributed by atoms with Gasteiger partial charge in [-0.25, -0.2) is 0 Å². The monoisotopic (exact) mass is 202 g/mol. The summed E-state index contributed by atoms with van der Waals surface area (Å²) in [5.41, 5.74) is 1.37. The van der Waals surface area contributed by atoms with E-state index in [2.05, 4.69) is 31.9 Å². The Bertz CT molecular complexity index is 241. The van der Waals surface area contributed by atoms with Gasteiger partial charge in [0.2, 0.25) is 0 Å². The minimum atomic E-state index is 0.943. The van der Waals surface area contributed by atoms with Crippen LogP contribution in [0.4, 0.5) is 0 Å². The summed E-state index contributed by atoms with van der Waals surface area (Å²) in [6.07, 6.45) is 17.7. The van der Waals surface area contributed by atoms with Crippen LogP contribution in [-0.4, -0.2) is 0 Å². The predicted molar refractivity (Wildman–Crippen MR) is 70.9 cm³/mol. The first-order chi connectivity index (χ1) is 7.35. The van der Waals surface area contributed by atoms with Gasteiger partial charge >= 0.3 is 0 Å². The molecule has 0 saturated heterocycles. The molecule has 0 bridgehead atoms. The van der Waals surface area contributed by atoms with Gasteiger partial charge in [0.1, 0.15) is 0 Å². The topological polar surface area (TPSA) is 0 Å². The summed E-state index contributed by atoms with van der Waals surface area (Å²) in [4.78, 5) is 0. The second kappa shape index (κ2) is 10.8. The van der Waals surface area contributed by atoms with E-state index in [1.807, 2.05) is 24.3 Å². The molecule has 0 aromatic heterocycles. The van der Waals surface area contributed by atoms with Crippen LogP contribution in [0.3, 0.4) is 0 Å². The first-order valence-corrected chi connectivity index (χ1v) is 5.55. The van der Waals surface area contributed by atoms with Gasteiger partial charge in [-0.3, -0.25) is 0 Å². The van der Waals surface area contributed by atoms with Crippen molar-refractivity contribution >= 4 is 0 Å². The van der Waals surface area contributed by atoms with Crippen molar-refractivity contribution in [1.29, 1.82) is 0 Å². The SMILES string of the molecule is C=CC=CC(=CCC=C)CCCCC=C. The molecule has 0 aliphatic rings. The van der Waals surface area contributed by atoms with E-state index in [-0.39, 0.29) is 0 Å². The van der Waals surface area contributed by atoms with Crippen molar-refractivity contribution in [3.05, 3.63) is 61.8 Å². The molecule has 0 aliphatic heterocycles. The van der Waals surface area contributed by atoms with E-state index in [1.54, 1.807) is 0 Å². The van der Waals surface area contributed by atoms with Gasteiger partial charge in [0.15, 0.2) is 0 Å². The fourth-order valence-corrected chi connectivity index (χ4v) is 1.30. The Morgan fingerprint density at radius 2 is 1.80 bits per heavy atom. The van der Waals surface area contributed by atoms with Crippen LogP contribution in [0, 0.1) is 0 Å². The molecule has 0 heterocycles. The highest BCUT2D eigenvalue weighted by Gasteiger charge is 1.92. The lowest BCUT2D eigenvalue weighted by Crippen LogP contribution is -1.81. The van der Waals surface area contributed by atoms with Gasteiger partial charge in [-0.05, 0) is 32.1 Å². The van der Waals surface area contributed by atoms with Crippen molar-refractivity contribution in [1.82, 2.24) is 0 Å². The van der Waals surface area contributed by atoms with Crippen LogP contribution in [0.2, 0.25) is 0 Å². The van der Waals surface area contributed by atoms with Crippen molar-refractivity contribution in [3.63, 3.8) is 0 Å². The van der Waals surface area contributed by atoms with Crippen molar-refractivity contribution in [2.75, 3.05) is 0 Å². The van der Waals surface area contributed by atoms with Crippen molar-refractivity contribution in [3.8, 4) is 0 Å². The zero-order valence-electron chi connectivity index (χ0n) is 9.62. The minimum absolute atomic E-state index is 0.943. The Kier molecular flexibility index (Phi) is 9.84. The van der Waals surface area contributed by atoms with Crippen molar-refractivity contribution in [2.45, 2.75) is 32.1 Å². The number of allylic oxidation sites excluding steroid dienone is 7. The average Bonchev–Trinajstić information content (AvgIpc) is 2.27. The molecule has 0 radical (unpaired) electrons. The summed E-state index contributed by atoms with van der Waals surface area (Å²) >= 11 is 0. The van der Waals surface area contributed by atoms with E-state index in [4.69, 9.17) is 0 Å². The summed E-state index contributed by atoms with van der Waals surface area (Å²) in [5, 5.41) is 0. The van der Waals surface area contributed by atoms with Crippen LogP contribution >= 0.6 is 0 Å². The van der Waals surface area contributed by atoms with Crippen LogP contribution < -0.4 is 0 Å². The molecular formula is C15H22. The third kappa shape index (κ3) is 9.01. The molecule has 0 nitrogen and oxygen atoms in total. The second-order valence-electron chi connectivity index (χ2n) is 3.43. The van der Waals surface area contributed by atoms with E-state index in [0.717, 1.165) is 19.3 Å². The standard InChI is InChI=1S/C15H22/c1-4-7-10-11-14-15(12-8-5-2)13-9-6-3/h4-6,8,12-13H,1-3,7,9-11,14H2. The molecule has 0 fully saturated rings. The van der Waals surface area contributed by atoms with E-state index in [0.29, 0.717) is 0 Å². The maximum Gasteiger partial charge on any atom is -0.0166 e. The van der Waals surface area contributed by atoms with E-state index >= 15 is 0 Å². The molecule has 0 aromatic rings. The van der Waals surface area contributed by atoms with Crippen LogP contribution in [0.5, 0.6) is 0 Å². The molecule has 0 heteroatoms. The highest BCUT2D eigenvalue weighted by molar-refractivity contribution is 5.22. The maximum atomic E-state index is 3.72. The minimum Gasteiger partial charge on any atom is -0.103 e. The molecule has 0 atom stereocenters. The summed E-state index contributed by atoms with van der Waals surface area (Å²) in [6.45, 7) is 11.1. The van der Waals surface area contributed by atoms with Gasteiger partial charge in [-0.15, -0.1) is 13.2 Å². The Labute approximate surface area is 94.4 Å². The molecule has 0 N–H and O–H groups in total. The van der Waals surface area contributed by atoms with Gasteiger partial charge in [0, 0.05) is 0 Å². The normalized spacial score (nSPS) is 11.6. The molecule has 0 aromatic carbocycles. The Morgan fingerprint density at radius 1 is 1.00 bits per heavy atom. The highest BCUT2D eigenvalue weighted by atomic mass is 14.0. The highest BCUT2D eigenvalue weighted by Crippen LogP contribution is 2.11. The molecule has 82 valence electrons. The second-order valence-corrected chi connectivity index (χ2v) is 3.43. The van der Waals surface area contributed by atoms with Crippen LogP contribution in [-0.2, 0) is 0 Å². The number of unbranched alkanes of at least 4 members (excludes halogenated alkanes) is 2. The molecule has 15 heavy (non-hydrogen) atoms. The maximum absolute atomic E-state index is 3.72. The van der Waals surface area contributed by atoms with E-state index in [1.165, 1.54) is 18.4 Å². The van der Waals surface area contributed by atoms with Crippen LogP contribution in [0.1, 0.15) is 32.1 Å². The first-order valence-electron chi connectivity index (χ1n) is 5.55. The number of hydrogen-bond donors (Lipinski definition) is 0. The van der Waals surface area contributed by atoms with Gasteiger partial charge < -0.3 is 0 Å². The van der Waals surface area contributed by atoms with Gasteiger partial charge in [-0.2, -0.15) is 0 Å². The van der Waals surface area contributed by atoms with Crippen LogP contribution in [0.15, 0.2) is 61.8 Å². The van der Waals surface area contributed by atoms with Crippen molar-refractivity contribution in [2.24, 2.45) is 0 Å². The fraction of sp³-hybridized carbons (Fsp3) is 0.333. The molecule has 0 spiro atoms. The lowest BCUT2D eigenvalue weighted by Gasteiger charge is -2.01. The molecule has 0 unspecified atom stereocenters. The summed E-state index contributed by atoms with van der Waals surface area (Å²) in [5.74, 6) is 0. The molecule has 0 rings (SSSR count). The zero-order valence-corrected chi connectivity index (χ0v) is 9.62. The number of hydrogen-bond acceptors (Lipinski definition) is 0. The summed E-state index contributed by atoms with van der Waals surface area (Å²) < 4.78 is 0. The van der Waals surface area contributed by atoms with Crippen molar-refractivity contribution < 1.29 is 0 Å². The predicted octanol–water partition coefficient (Wildman–Crippen LogP) is 4.98. The Balaban J connectivity index is 4.00. The van der Waals surface area contributed by atoms with Crippen LogP contribution in [0.25, 0.3) is 0 Å². The largest absolute Gasteiger partial charge is 0.103 e. The number of rotatable bonds is 9. The van der Waals surface area contributed by atoms with Gasteiger partial charge in [0.05, 0.1) is 0 Å². The zero-order chi connectivity index (χ0) is 11.4. The molecule has 0 saturated carbocycles. The summed E-state index contributed by atoms with van der Waals surface area (Å²) in [6, 6.07) is 0. The summed E-state index contributed by atoms with van der Waals surface area (Å²) in [7, 11) is 0. The van der Waals surface area contributed by atoms with Gasteiger partial charge in [-0.1, -0.05) is 48.6 Å². The smallest absolute Gasteiger partial charge is 0.0166 e. The first kappa shape index (κ1) is 13.7. The lowest BCUT2D eigenvalue weighted by atomic mass is 10.1. The molecular weight excluding hydrogens is 180 g/mol. The molecule has 0 aliphatic carbocycles. The quantitative estimate of drug-likeness (QED) is 0.281. The lowest BCUT2D eigenvalue weighted by molar-refractivity contribution is 0.749. The molecule has 0 amide bonds. The van der Waals surface area contributed by atoms with E-state index < -0.39 is 0 Å². The third-order valence-corrected chi connectivity index (χ3v) is 2.12. The third-order valence-electron chi connectivity index (χ3n) is 2.12. The average molecular weight is 202 g/mol.